The summed E-state index contributed by atoms with van der Waals surface area (Å²) in [6.07, 6.45) is 2.56. The molecule has 1 fully saturated rings. The number of unbranched alkanes of at least 4 members (excludes halogenated alkanes) is 2. The van der Waals surface area contributed by atoms with Gasteiger partial charge in [0.15, 0.2) is 0 Å². The largest absolute Gasteiger partial charge is 0.378 e. The Kier molecular flexibility index (Phi) is 11.7. The summed E-state index contributed by atoms with van der Waals surface area (Å²) in [7, 11) is 1.95. The van der Waals surface area contributed by atoms with Crippen LogP contribution in [0.15, 0.2) is 0 Å². The van der Waals surface area contributed by atoms with Gasteiger partial charge in [-0.15, -0.1) is 0 Å². The normalized spacial score (nSPS) is 20.6. The number of aliphatic hydroxyl groups excluding tert-OH is 1. The molecular formula is C19H37N5O4. The molecule has 9 nitrogen and oxygen atoms in total. The first-order valence-electron chi connectivity index (χ1n) is 10.2. The van der Waals surface area contributed by atoms with Gasteiger partial charge in [0.2, 0.25) is 17.7 Å². The molecule has 0 aromatic carbocycles. The van der Waals surface area contributed by atoms with Crippen LogP contribution in [-0.4, -0.2) is 80.3 Å². The molecule has 0 aromatic rings. The zero-order valence-electron chi connectivity index (χ0n) is 17.4. The van der Waals surface area contributed by atoms with Crippen LogP contribution in [0.1, 0.15) is 39.5 Å². The molecule has 0 saturated carbocycles. The molecule has 9 heteroatoms. The van der Waals surface area contributed by atoms with Crippen molar-refractivity contribution in [3.63, 3.8) is 0 Å². The van der Waals surface area contributed by atoms with Crippen molar-refractivity contribution < 1.29 is 19.5 Å². The highest BCUT2D eigenvalue weighted by molar-refractivity contribution is 5.79. The van der Waals surface area contributed by atoms with E-state index in [2.05, 4.69) is 26.2 Å². The van der Waals surface area contributed by atoms with Gasteiger partial charge in [-0.05, 0) is 39.3 Å². The SMILES string of the molecule is CC(=O)NCCCCNC(=O)[C@@H]1CN(C)C[C@H]1C(O)NCCCCNC(C)=O. The van der Waals surface area contributed by atoms with Crippen molar-refractivity contribution in [3.8, 4) is 0 Å². The lowest BCUT2D eigenvalue weighted by Crippen LogP contribution is -2.45. The zero-order valence-corrected chi connectivity index (χ0v) is 17.4. The number of rotatable bonds is 13. The predicted octanol–water partition coefficient (Wildman–Crippen LogP) is -0.979. The van der Waals surface area contributed by atoms with E-state index in [4.69, 9.17) is 0 Å². The fraction of sp³-hybridized carbons (Fsp3) is 0.842. The Bertz CT molecular complexity index is 503. The molecule has 0 bridgehead atoms. The molecule has 3 atom stereocenters. The molecule has 1 heterocycles. The van der Waals surface area contributed by atoms with Gasteiger partial charge >= 0.3 is 0 Å². The summed E-state index contributed by atoms with van der Waals surface area (Å²) in [5.41, 5.74) is 0. The van der Waals surface area contributed by atoms with Crippen LogP contribution in [0.3, 0.4) is 0 Å². The number of hydrogen-bond acceptors (Lipinski definition) is 6. The fourth-order valence-corrected chi connectivity index (χ4v) is 3.40. The lowest BCUT2D eigenvalue weighted by atomic mass is 9.93. The summed E-state index contributed by atoms with van der Waals surface area (Å²) in [5, 5.41) is 22.0. The maximum atomic E-state index is 12.5. The average molecular weight is 400 g/mol. The molecule has 162 valence electrons. The summed E-state index contributed by atoms with van der Waals surface area (Å²) in [5.74, 6) is -0.509. The first-order chi connectivity index (χ1) is 13.3. The molecule has 1 saturated heterocycles. The van der Waals surface area contributed by atoms with Crippen LogP contribution < -0.4 is 21.3 Å². The molecule has 5 N–H and O–H groups in total. The van der Waals surface area contributed by atoms with E-state index in [0.717, 1.165) is 25.7 Å². The fourth-order valence-electron chi connectivity index (χ4n) is 3.40. The molecule has 1 rings (SSSR count). The third-order valence-electron chi connectivity index (χ3n) is 4.90. The van der Waals surface area contributed by atoms with E-state index in [1.165, 1.54) is 13.8 Å². The van der Waals surface area contributed by atoms with Gasteiger partial charge < -0.3 is 26.0 Å². The van der Waals surface area contributed by atoms with E-state index in [-0.39, 0.29) is 29.6 Å². The second-order valence-electron chi connectivity index (χ2n) is 7.56. The van der Waals surface area contributed by atoms with E-state index in [1.807, 2.05) is 7.05 Å². The van der Waals surface area contributed by atoms with E-state index >= 15 is 0 Å². The summed E-state index contributed by atoms with van der Waals surface area (Å²) in [4.78, 5) is 36.2. The van der Waals surface area contributed by atoms with Crippen molar-refractivity contribution in [2.75, 3.05) is 46.3 Å². The van der Waals surface area contributed by atoms with E-state index in [1.54, 1.807) is 0 Å². The molecule has 0 aliphatic carbocycles. The van der Waals surface area contributed by atoms with Crippen LogP contribution in [0.4, 0.5) is 0 Å². The van der Waals surface area contributed by atoms with Crippen molar-refractivity contribution in [2.24, 2.45) is 11.8 Å². The van der Waals surface area contributed by atoms with Crippen molar-refractivity contribution in [3.05, 3.63) is 0 Å². The third-order valence-corrected chi connectivity index (χ3v) is 4.90. The number of likely N-dealkylation sites (tertiary alicyclic amines) is 1. The van der Waals surface area contributed by atoms with Crippen LogP contribution in [-0.2, 0) is 14.4 Å². The Morgan fingerprint density at radius 3 is 1.93 bits per heavy atom. The molecular weight excluding hydrogens is 362 g/mol. The van der Waals surface area contributed by atoms with Crippen molar-refractivity contribution in [1.82, 2.24) is 26.2 Å². The molecule has 1 unspecified atom stereocenters. The topological polar surface area (TPSA) is 123 Å². The zero-order chi connectivity index (χ0) is 20.9. The van der Waals surface area contributed by atoms with Crippen LogP contribution in [0.2, 0.25) is 0 Å². The maximum absolute atomic E-state index is 12.5. The number of nitrogens with zero attached hydrogens (tertiary/aromatic N) is 1. The van der Waals surface area contributed by atoms with Crippen molar-refractivity contribution >= 4 is 17.7 Å². The molecule has 28 heavy (non-hydrogen) atoms. The number of amides is 3. The van der Waals surface area contributed by atoms with Gasteiger partial charge in [-0.2, -0.15) is 0 Å². The average Bonchev–Trinajstić information content (AvgIpc) is 3.02. The molecule has 3 amide bonds. The maximum Gasteiger partial charge on any atom is 0.224 e. The Morgan fingerprint density at radius 2 is 1.39 bits per heavy atom. The molecule has 0 radical (unpaired) electrons. The lowest BCUT2D eigenvalue weighted by molar-refractivity contribution is -0.127. The van der Waals surface area contributed by atoms with Crippen molar-refractivity contribution in [1.29, 1.82) is 0 Å². The minimum atomic E-state index is -0.735. The predicted molar refractivity (Wildman–Crippen MR) is 107 cm³/mol. The summed E-state index contributed by atoms with van der Waals surface area (Å²) < 4.78 is 0. The smallest absolute Gasteiger partial charge is 0.224 e. The minimum absolute atomic E-state index is 0.0274. The Balaban J connectivity index is 2.28. The monoisotopic (exact) mass is 399 g/mol. The summed E-state index contributed by atoms with van der Waals surface area (Å²) >= 11 is 0. The van der Waals surface area contributed by atoms with Crippen molar-refractivity contribution in [2.45, 2.75) is 45.8 Å². The van der Waals surface area contributed by atoms with E-state index in [0.29, 0.717) is 39.3 Å². The standard InChI is InChI=1S/C19H37N5O4/c1-14(25)20-8-4-6-10-22-18(27)16-12-24(3)13-17(16)19(28)23-11-7-5-9-21-15(2)26/h16-18,22,27H,4-13H2,1-3H3,(H,20,25)(H,21,26)(H,23,28)/t16-,17-,18?/m1/s1. The van der Waals surface area contributed by atoms with Gasteiger partial charge in [0.1, 0.15) is 6.23 Å². The Morgan fingerprint density at radius 1 is 0.893 bits per heavy atom. The second kappa shape index (κ2) is 13.5. The molecule has 0 spiro atoms. The minimum Gasteiger partial charge on any atom is -0.378 e. The molecule has 1 aliphatic rings. The quantitative estimate of drug-likeness (QED) is 0.200. The number of carbonyl (C=O) groups excluding carboxylic acids is 3. The highest BCUT2D eigenvalue weighted by Crippen LogP contribution is 2.24. The van der Waals surface area contributed by atoms with Gasteiger partial charge in [0.25, 0.3) is 0 Å². The summed E-state index contributed by atoms with van der Waals surface area (Å²) in [6, 6.07) is 0. The van der Waals surface area contributed by atoms with Crippen LogP contribution in [0.25, 0.3) is 0 Å². The van der Waals surface area contributed by atoms with E-state index < -0.39 is 6.23 Å². The molecule has 1 aliphatic heterocycles. The second-order valence-corrected chi connectivity index (χ2v) is 7.56. The van der Waals surface area contributed by atoms with Crippen LogP contribution in [0, 0.1) is 11.8 Å². The van der Waals surface area contributed by atoms with Gasteiger partial charge in [-0.1, -0.05) is 0 Å². The highest BCUT2D eigenvalue weighted by atomic mass is 16.3. The number of carbonyl (C=O) groups is 3. The van der Waals surface area contributed by atoms with Gasteiger partial charge in [0.05, 0.1) is 5.92 Å². The number of nitrogens with one attached hydrogen (secondary N) is 4. The first kappa shape index (κ1) is 24.3. The third kappa shape index (κ3) is 10.0. The Hall–Kier alpha value is -1.71. The number of aliphatic hydroxyl groups is 1. The van der Waals surface area contributed by atoms with Gasteiger partial charge in [-0.3, -0.25) is 19.7 Å². The highest BCUT2D eigenvalue weighted by Gasteiger charge is 2.39. The lowest BCUT2D eigenvalue weighted by Gasteiger charge is -2.24. The van der Waals surface area contributed by atoms with Gasteiger partial charge in [-0.25, -0.2) is 0 Å². The van der Waals surface area contributed by atoms with Crippen LogP contribution in [0.5, 0.6) is 0 Å². The molecule has 0 aromatic heterocycles. The van der Waals surface area contributed by atoms with E-state index in [9.17, 15) is 19.5 Å². The first-order valence-corrected chi connectivity index (χ1v) is 10.2. The van der Waals surface area contributed by atoms with Crippen LogP contribution >= 0.6 is 0 Å². The number of hydrogen-bond donors (Lipinski definition) is 5. The van der Waals surface area contributed by atoms with Gasteiger partial charge in [0, 0.05) is 52.5 Å². The Labute approximate surface area is 168 Å². The summed E-state index contributed by atoms with van der Waals surface area (Å²) in [6.45, 7) is 6.73.